The van der Waals surface area contributed by atoms with Crippen molar-refractivity contribution in [1.82, 2.24) is 9.97 Å². The summed E-state index contributed by atoms with van der Waals surface area (Å²) >= 11 is 7.47. The monoisotopic (exact) mass is 290 g/mol. The Morgan fingerprint density at radius 1 is 1.21 bits per heavy atom. The molecular formula is C13H11ClN4S. The summed E-state index contributed by atoms with van der Waals surface area (Å²) in [7, 11) is 0. The lowest BCUT2D eigenvalue weighted by Gasteiger charge is -2.07. The van der Waals surface area contributed by atoms with E-state index in [2.05, 4.69) is 21.4 Å². The number of rotatable bonds is 2. The Morgan fingerprint density at radius 2 is 1.95 bits per heavy atom. The van der Waals surface area contributed by atoms with Crippen LogP contribution < -0.4 is 11.1 Å². The smallest absolute Gasteiger partial charge is 0.223 e. The predicted molar refractivity (Wildman–Crippen MR) is 81.3 cm³/mol. The molecular weight excluding hydrogens is 280 g/mol. The summed E-state index contributed by atoms with van der Waals surface area (Å²) in [6, 6.07) is 9.49. The average Bonchev–Trinajstić information content (AvgIpc) is 2.72. The van der Waals surface area contributed by atoms with E-state index in [-0.39, 0.29) is 5.95 Å². The van der Waals surface area contributed by atoms with Gasteiger partial charge in [-0.3, -0.25) is 0 Å². The molecule has 0 saturated carbocycles. The summed E-state index contributed by atoms with van der Waals surface area (Å²) in [6.45, 7) is 2.04. The van der Waals surface area contributed by atoms with Crippen LogP contribution in [0.3, 0.4) is 0 Å². The fourth-order valence-electron chi connectivity index (χ4n) is 1.82. The van der Waals surface area contributed by atoms with E-state index in [1.165, 1.54) is 4.88 Å². The maximum absolute atomic E-state index is 5.87. The van der Waals surface area contributed by atoms with Gasteiger partial charge in [0.2, 0.25) is 5.95 Å². The number of thiophene rings is 1. The van der Waals surface area contributed by atoms with Crippen molar-refractivity contribution in [1.29, 1.82) is 0 Å². The fourth-order valence-corrected chi connectivity index (χ4v) is 2.84. The minimum absolute atomic E-state index is 0.269. The zero-order valence-electron chi connectivity index (χ0n) is 10.1. The molecule has 0 aliphatic carbocycles. The van der Waals surface area contributed by atoms with Gasteiger partial charge >= 0.3 is 0 Å². The molecule has 3 aromatic rings. The number of hydrogen-bond donors (Lipinski definition) is 2. The number of fused-ring (bicyclic) bond motifs is 1. The summed E-state index contributed by atoms with van der Waals surface area (Å²) in [6.07, 6.45) is 0. The molecule has 4 nitrogen and oxygen atoms in total. The number of aromatic nitrogens is 2. The Morgan fingerprint density at radius 3 is 2.68 bits per heavy atom. The first-order chi connectivity index (χ1) is 9.11. The Hall–Kier alpha value is -1.85. The van der Waals surface area contributed by atoms with Crippen LogP contribution in [0, 0.1) is 6.92 Å². The van der Waals surface area contributed by atoms with E-state index in [9.17, 15) is 0 Å². The van der Waals surface area contributed by atoms with Gasteiger partial charge in [0.05, 0.1) is 5.39 Å². The van der Waals surface area contributed by atoms with Crippen LogP contribution >= 0.6 is 22.9 Å². The molecule has 0 bridgehead atoms. The Kier molecular flexibility index (Phi) is 3.00. The van der Waals surface area contributed by atoms with E-state index < -0.39 is 0 Å². The van der Waals surface area contributed by atoms with Crippen molar-refractivity contribution in [3.05, 3.63) is 40.2 Å². The van der Waals surface area contributed by atoms with Gasteiger partial charge in [-0.2, -0.15) is 4.98 Å². The maximum Gasteiger partial charge on any atom is 0.223 e. The minimum atomic E-state index is 0.269. The van der Waals surface area contributed by atoms with Crippen LogP contribution in [-0.4, -0.2) is 9.97 Å². The molecule has 0 unspecified atom stereocenters. The molecule has 0 fully saturated rings. The Bertz CT molecular complexity index is 736. The largest absolute Gasteiger partial charge is 0.368 e. The number of benzene rings is 1. The van der Waals surface area contributed by atoms with Gasteiger partial charge in [-0.1, -0.05) is 11.6 Å². The molecule has 0 aliphatic heterocycles. The van der Waals surface area contributed by atoms with Crippen molar-refractivity contribution in [3.8, 4) is 0 Å². The van der Waals surface area contributed by atoms with E-state index in [4.69, 9.17) is 17.3 Å². The number of halogens is 1. The first kappa shape index (κ1) is 12.2. The summed E-state index contributed by atoms with van der Waals surface area (Å²) in [4.78, 5) is 10.6. The standard InChI is InChI=1S/C13H11ClN4S/c1-7-6-10-11(17-13(15)18-12(10)19-7)16-9-4-2-8(14)3-5-9/h2-6H,1H3,(H3,15,16,17,18). The number of nitrogens with two attached hydrogens (primary N) is 1. The molecule has 0 amide bonds. The number of nitrogen functional groups attached to an aromatic ring is 1. The molecule has 3 rings (SSSR count). The lowest BCUT2D eigenvalue weighted by Crippen LogP contribution is -1.99. The van der Waals surface area contributed by atoms with Crippen LogP contribution in [0.2, 0.25) is 5.02 Å². The lowest BCUT2D eigenvalue weighted by molar-refractivity contribution is 1.24. The van der Waals surface area contributed by atoms with Crippen LogP contribution in [0.4, 0.5) is 17.5 Å². The second kappa shape index (κ2) is 4.68. The Labute approximate surface area is 119 Å². The third-order valence-corrected chi connectivity index (χ3v) is 3.84. The molecule has 0 atom stereocenters. The van der Waals surface area contributed by atoms with Crippen LogP contribution in [0.5, 0.6) is 0 Å². The zero-order chi connectivity index (χ0) is 13.4. The van der Waals surface area contributed by atoms with E-state index in [0.29, 0.717) is 10.8 Å². The minimum Gasteiger partial charge on any atom is -0.368 e. The molecule has 2 heterocycles. The van der Waals surface area contributed by atoms with Crippen LogP contribution in [0.1, 0.15) is 4.88 Å². The van der Waals surface area contributed by atoms with Crippen molar-refractivity contribution < 1.29 is 0 Å². The highest BCUT2D eigenvalue weighted by atomic mass is 35.5. The molecule has 1 aromatic carbocycles. The molecule has 6 heteroatoms. The van der Waals surface area contributed by atoms with E-state index in [0.717, 1.165) is 15.9 Å². The third-order valence-electron chi connectivity index (χ3n) is 2.64. The summed E-state index contributed by atoms with van der Waals surface area (Å²) in [5.41, 5.74) is 6.64. The van der Waals surface area contributed by atoms with E-state index >= 15 is 0 Å². The first-order valence-corrected chi connectivity index (χ1v) is 6.87. The fraction of sp³-hybridized carbons (Fsp3) is 0.0769. The average molecular weight is 291 g/mol. The number of anilines is 3. The molecule has 0 aliphatic rings. The number of nitrogens with zero attached hydrogens (tertiary/aromatic N) is 2. The lowest BCUT2D eigenvalue weighted by atomic mass is 10.3. The second-order valence-corrected chi connectivity index (χ2v) is 5.81. The van der Waals surface area contributed by atoms with E-state index in [1.807, 2.05) is 31.2 Å². The van der Waals surface area contributed by atoms with Crippen molar-refractivity contribution in [2.45, 2.75) is 6.92 Å². The normalized spacial score (nSPS) is 10.8. The van der Waals surface area contributed by atoms with Gasteiger partial charge in [0.15, 0.2) is 0 Å². The molecule has 2 aromatic heterocycles. The summed E-state index contributed by atoms with van der Waals surface area (Å²) in [5, 5.41) is 4.92. The van der Waals surface area contributed by atoms with Gasteiger partial charge in [0.1, 0.15) is 10.6 Å². The molecule has 0 spiro atoms. The van der Waals surface area contributed by atoms with Gasteiger partial charge in [0.25, 0.3) is 0 Å². The van der Waals surface area contributed by atoms with Gasteiger partial charge in [-0.15, -0.1) is 11.3 Å². The quantitative estimate of drug-likeness (QED) is 0.749. The third kappa shape index (κ3) is 2.47. The SMILES string of the molecule is Cc1cc2c(Nc3ccc(Cl)cc3)nc(N)nc2s1. The summed E-state index contributed by atoms with van der Waals surface area (Å²) < 4.78 is 0. The summed E-state index contributed by atoms with van der Waals surface area (Å²) in [5.74, 6) is 0.986. The topological polar surface area (TPSA) is 63.8 Å². The second-order valence-electron chi connectivity index (χ2n) is 4.14. The van der Waals surface area contributed by atoms with Crippen molar-refractivity contribution in [2.24, 2.45) is 0 Å². The molecule has 0 saturated heterocycles. The van der Waals surface area contributed by atoms with Crippen molar-refractivity contribution in [3.63, 3.8) is 0 Å². The number of aryl methyl sites for hydroxylation is 1. The van der Waals surface area contributed by atoms with Gasteiger partial charge in [-0.25, -0.2) is 4.98 Å². The highest BCUT2D eigenvalue weighted by Gasteiger charge is 2.09. The predicted octanol–water partition coefficient (Wildman–Crippen LogP) is 3.98. The Balaban J connectivity index is 2.06. The van der Waals surface area contributed by atoms with Gasteiger partial charge in [-0.05, 0) is 37.3 Å². The van der Waals surface area contributed by atoms with Crippen LogP contribution in [0.25, 0.3) is 10.2 Å². The van der Waals surface area contributed by atoms with Crippen LogP contribution in [0.15, 0.2) is 30.3 Å². The number of hydrogen-bond acceptors (Lipinski definition) is 5. The van der Waals surface area contributed by atoms with Gasteiger partial charge in [0, 0.05) is 15.6 Å². The molecule has 3 N–H and O–H groups in total. The molecule has 19 heavy (non-hydrogen) atoms. The molecule has 0 radical (unpaired) electrons. The van der Waals surface area contributed by atoms with Crippen molar-refractivity contribution >= 4 is 50.6 Å². The highest BCUT2D eigenvalue weighted by Crippen LogP contribution is 2.30. The van der Waals surface area contributed by atoms with Gasteiger partial charge < -0.3 is 11.1 Å². The highest BCUT2D eigenvalue weighted by molar-refractivity contribution is 7.18. The van der Waals surface area contributed by atoms with Crippen molar-refractivity contribution in [2.75, 3.05) is 11.1 Å². The maximum atomic E-state index is 5.87. The molecule has 96 valence electrons. The zero-order valence-corrected chi connectivity index (χ0v) is 11.7. The number of nitrogens with one attached hydrogen (secondary N) is 1. The first-order valence-electron chi connectivity index (χ1n) is 5.68. The van der Waals surface area contributed by atoms with E-state index in [1.54, 1.807) is 11.3 Å². The van der Waals surface area contributed by atoms with Crippen LogP contribution in [-0.2, 0) is 0 Å².